The molecule has 134 valence electrons. The van der Waals surface area contributed by atoms with Crippen LogP contribution in [0.15, 0.2) is 48.5 Å². The minimum absolute atomic E-state index is 0.0539. The van der Waals surface area contributed by atoms with Crippen LogP contribution in [0.3, 0.4) is 0 Å². The highest BCUT2D eigenvalue weighted by Crippen LogP contribution is 2.44. The maximum absolute atomic E-state index is 14.1. The Hall–Kier alpha value is -2.89. The molecule has 0 radical (unpaired) electrons. The highest BCUT2D eigenvalue weighted by atomic mass is 19.1. The van der Waals surface area contributed by atoms with Crippen molar-refractivity contribution < 1.29 is 23.8 Å². The molecule has 6 heteroatoms. The van der Waals surface area contributed by atoms with E-state index in [1.54, 1.807) is 0 Å². The Labute approximate surface area is 150 Å². The van der Waals surface area contributed by atoms with Crippen molar-refractivity contribution in [3.63, 3.8) is 0 Å². The van der Waals surface area contributed by atoms with Gasteiger partial charge in [0.05, 0.1) is 19.5 Å². The summed E-state index contributed by atoms with van der Waals surface area (Å²) in [6.07, 6.45) is -1.20. The van der Waals surface area contributed by atoms with Crippen LogP contribution in [0.1, 0.15) is 23.5 Å². The van der Waals surface area contributed by atoms with Crippen molar-refractivity contribution in [1.29, 1.82) is 0 Å². The Bertz CT molecular complexity index is 830. The molecule has 0 saturated carbocycles. The van der Waals surface area contributed by atoms with Gasteiger partial charge in [-0.2, -0.15) is 0 Å². The van der Waals surface area contributed by atoms with E-state index < -0.39 is 24.2 Å². The molecule has 1 amide bonds. The number of amides is 1. The molecular weight excluding hydrogens is 337 g/mol. The second kappa shape index (κ2) is 6.12. The fraction of sp³-hybridized carbons (Fsp3) is 0.300. The van der Waals surface area contributed by atoms with Crippen LogP contribution in [0.4, 0.5) is 9.18 Å². The fourth-order valence-corrected chi connectivity index (χ4v) is 3.84. The Morgan fingerprint density at radius 2 is 1.62 bits per heavy atom. The van der Waals surface area contributed by atoms with E-state index in [1.807, 2.05) is 36.4 Å². The quantitative estimate of drug-likeness (QED) is 0.912. The molecule has 0 atom stereocenters. The third-order valence-electron chi connectivity index (χ3n) is 5.01. The molecule has 1 saturated heterocycles. The van der Waals surface area contributed by atoms with Crippen molar-refractivity contribution in [2.45, 2.75) is 18.0 Å². The van der Waals surface area contributed by atoms with E-state index >= 15 is 0 Å². The number of nitrogens with zero attached hydrogens (tertiary/aromatic N) is 1. The summed E-state index contributed by atoms with van der Waals surface area (Å²) in [6.45, 7) is -0.312. The highest BCUT2D eigenvalue weighted by Gasteiger charge is 2.48. The molecule has 5 nitrogen and oxygen atoms in total. The van der Waals surface area contributed by atoms with Crippen molar-refractivity contribution in [3.8, 4) is 11.1 Å². The van der Waals surface area contributed by atoms with Gasteiger partial charge in [0.15, 0.2) is 5.67 Å². The fourth-order valence-electron chi connectivity index (χ4n) is 3.84. The van der Waals surface area contributed by atoms with Gasteiger partial charge in [-0.3, -0.25) is 4.79 Å². The zero-order chi connectivity index (χ0) is 18.3. The van der Waals surface area contributed by atoms with Crippen LogP contribution in [0.5, 0.6) is 0 Å². The van der Waals surface area contributed by atoms with Gasteiger partial charge in [-0.15, -0.1) is 0 Å². The van der Waals surface area contributed by atoms with E-state index in [2.05, 4.69) is 12.1 Å². The van der Waals surface area contributed by atoms with Gasteiger partial charge in [0, 0.05) is 5.92 Å². The lowest BCUT2D eigenvalue weighted by atomic mass is 9.93. The molecule has 1 aliphatic carbocycles. The Morgan fingerprint density at radius 3 is 2.15 bits per heavy atom. The number of carboxylic acid groups (broad SMARTS) is 1. The number of carbonyl (C=O) groups excluding carboxylic acids is 1. The Kier molecular flexibility index (Phi) is 3.90. The molecule has 1 fully saturated rings. The van der Waals surface area contributed by atoms with Gasteiger partial charge in [-0.25, -0.2) is 9.18 Å². The lowest BCUT2D eigenvalue weighted by molar-refractivity contribution is -0.144. The number of ether oxygens (including phenoxy) is 1. The number of halogens is 1. The number of benzene rings is 2. The first-order valence-electron chi connectivity index (χ1n) is 8.47. The molecule has 0 bridgehead atoms. The maximum Gasteiger partial charge on any atom is 0.410 e. The average molecular weight is 355 g/mol. The molecule has 1 N–H and O–H groups in total. The lowest BCUT2D eigenvalue weighted by Crippen LogP contribution is -2.61. The number of hydrogen-bond acceptors (Lipinski definition) is 3. The first-order chi connectivity index (χ1) is 12.5. The van der Waals surface area contributed by atoms with Crippen LogP contribution < -0.4 is 0 Å². The van der Waals surface area contributed by atoms with E-state index in [4.69, 9.17) is 9.84 Å². The molecule has 2 aromatic carbocycles. The van der Waals surface area contributed by atoms with Crippen LogP contribution in [0.2, 0.25) is 0 Å². The number of hydrogen-bond donors (Lipinski definition) is 1. The van der Waals surface area contributed by atoms with Crippen molar-refractivity contribution in [2.24, 2.45) is 0 Å². The topological polar surface area (TPSA) is 66.8 Å². The summed E-state index contributed by atoms with van der Waals surface area (Å²) in [6, 6.07) is 16.0. The molecule has 1 aliphatic heterocycles. The Morgan fingerprint density at radius 1 is 1.08 bits per heavy atom. The van der Waals surface area contributed by atoms with Gasteiger partial charge in [0.1, 0.15) is 6.61 Å². The van der Waals surface area contributed by atoms with Gasteiger partial charge in [0.2, 0.25) is 0 Å². The zero-order valence-corrected chi connectivity index (χ0v) is 14.0. The normalized spacial score (nSPS) is 17.2. The van der Waals surface area contributed by atoms with E-state index in [-0.39, 0.29) is 25.6 Å². The lowest BCUT2D eigenvalue weighted by Gasteiger charge is -2.42. The van der Waals surface area contributed by atoms with Crippen LogP contribution in [0.25, 0.3) is 11.1 Å². The zero-order valence-electron chi connectivity index (χ0n) is 14.0. The molecule has 4 rings (SSSR count). The van der Waals surface area contributed by atoms with E-state index in [0.717, 1.165) is 22.3 Å². The molecule has 2 aliphatic rings. The smallest absolute Gasteiger partial charge is 0.410 e. The summed E-state index contributed by atoms with van der Waals surface area (Å²) < 4.78 is 19.5. The van der Waals surface area contributed by atoms with Crippen LogP contribution in [-0.4, -0.2) is 47.4 Å². The van der Waals surface area contributed by atoms with Gasteiger partial charge in [0.25, 0.3) is 0 Å². The molecule has 0 spiro atoms. The number of carboxylic acids is 1. The van der Waals surface area contributed by atoms with Crippen LogP contribution in [0, 0.1) is 0 Å². The van der Waals surface area contributed by atoms with Crippen LogP contribution in [-0.2, 0) is 9.53 Å². The van der Waals surface area contributed by atoms with Crippen molar-refractivity contribution in [3.05, 3.63) is 59.7 Å². The second-order valence-corrected chi connectivity index (χ2v) is 6.88. The number of carbonyl (C=O) groups is 2. The van der Waals surface area contributed by atoms with Crippen LogP contribution >= 0.6 is 0 Å². The molecule has 0 aromatic heterocycles. The predicted molar refractivity (Wildman–Crippen MR) is 92.7 cm³/mol. The second-order valence-electron chi connectivity index (χ2n) is 6.88. The number of rotatable bonds is 4. The molecule has 0 unspecified atom stereocenters. The molecule has 2 aromatic rings. The maximum atomic E-state index is 14.1. The summed E-state index contributed by atoms with van der Waals surface area (Å²) in [4.78, 5) is 24.0. The van der Waals surface area contributed by atoms with Crippen molar-refractivity contribution >= 4 is 12.1 Å². The number of aliphatic carboxylic acids is 1. The minimum Gasteiger partial charge on any atom is -0.481 e. The van der Waals surface area contributed by atoms with Crippen molar-refractivity contribution in [1.82, 2.24) is 4.90 Å². The third kappa shape index (κ3) is 2.81. The largest absolute Gasteiger partial charge is 0.481 e. The van der Waals surface area contributed by atoms with E-state index in [9.17, 15) is 14.0 Å². The number of alkyl halides is 1. The van der Waals surface area contributed by atoms with E-state index in [1.165, 1.54) is 4.90 Å². The van der Waals surface area contributed by atoms with Crippen molar-refractivity contribution in [2.75, 3.05) is 19.7 Å². The molecular formula is C20H18FNO4. The predicted octanol–water partition coefficient (Wildman–Crippen LogP) is 3.43. The first-order valence-corrected chi connectivity index (χ1v) is 8.47. The van der Waals surface area contributed by atoms with Gasteiger partial charge < -0.3 is 14.7 Å². The third-order valence-corrected chi connectivity index (χ3v) is 5.01. The monoisotopic (exact) mass is 355 g/mol. The molecule has 26 heavy (non-hydrogen) atoms. The standard InChI is InChI=1S/C20H18FNO4/c21-20(9-18(23)24)11-22(12-20)19(25)26-10-17-15-7-3-1-5-13(15)14-6-2-4-8-16(14)17/h1-8,17H,9-12H2,(H,23,24). The molecule has 1 heterocycles. The van der Waals surface area contributed by atoms with Gasteiger partial charge in [-0.1, -0.05) is 48.5 Å². The summed E-state index contributed by atoms with van der Waals surface area (Å²) in [5, 5.41) is 8.70. The van der Waals surface area contributed by atoms with Gasteiger partial charge in [-0.05, 0) is 22.3 Å². The highest BCUT2D eigenvalue weighted by molar-refractivity contribution is 5.79. The number of fused-ring (bicyclic) bond motifs is 3. The summed E-state index contributed by atoms with van der Waals surface area (Å²) in [5.74, 6) is -1.26. The minimum atomic E-state index is -1.85. The summed E-state index contributed by atoms with van der Waals surface area (Å²) in [5.41, 5.74) is 2.64. The van der Waals surface area contributed by atoms with E-state index in [0.29, 0.717) is 0 Å². The summed E-state index contributed by atoms with van der Waals surface area (Å²) >= 11 is 0. The Balaban J connectivity index is 1.43. The average Bonchev–Trinajstić information content (AvgIpc) is 2.91. The van der Waals surface area contributed by atoms with Gasteiger partial charge >= 0.3 is 12.1 Å². The summed E-state index contributed by atoms with van der Waals surface area (Å²) in [7, 11) is 0. The first kappa shape index (κ1) is 16.6. The number of likely N-dealkylation sites (tertiary alicyclic amines) is 1. The SMILES string of the molecule is O=C(O)CC1(F)CN(C(=O)OCC2c3ccccc3-c3ccccc32)C1.